The van der Waals surface area contributed by atoms with Gasteiger partial charge < -0.3 is 14.8 Å². The van der Waals surface area contributed by atoms with Gasteiger partial charge in [0.25, 0.3) is 0 Å². The van der Waals surface area contributed by atoms with Crippen LogP contribution < -0.4 is 10.1 Å². The molecule has 1 aromatic rings. The maximum absolute atomic E-state index is 11.4. The number of hydrogen-bond donors (Lipinski definition) is 1. The van der Waals surface area contributed by atoms with Gasteiger partial charge >= 0.3 is 5.97 Å². The van der Waals surface area contributed by atoms with Crippen LogP contribution in [0.5, 0.6) is 5.75 Å². The molecular weight excluding hydrogens is 296 g/mol. The van der Waals surface area contributed by atoms with E-state index >= 15 is 0 Å². The Morgan fingerprint density at radius 1 is 1.39 bits per heavy atom. The van der Waals surface area contributed by atoms with E-state index in [0.29, 0.717) is 32.5 Å². The van der Waals surface area contributed by atoms with Crippen molar-refractivity contribution in [3.63, 3.8) is 0 Å². The summed E-state index contributed by atoms with van der Waals surface area (Å²) in [6.45, 7) is 2.67. The summed E-state index contributed by atoms with van der Waals surface area (Å²) in [5.41, 5.74) is 1.98. The molecule has 0 aromatic heterocycles. The van der Waals surface area contributed by atoms with Crippen molar-refractivity contribution in [1.29, 1.82) is 0 Å². The summed E-state index contributed by atoms with van der Waals surface area (Å²) in [6, 6.07) is 5.75. The minimum absolute atomic E-state index is 0.0389. The molecule has 1 saturated heterocycles. The highest BCUT2D eigenvalue weighted by molar-refractivity contribution is 6.08. The third-order valence-electron chi connectivity index (χ3n) is 3.94. The van der Waals surface area contributed by atoms with Gasteiger partial charge in [0.15, 0.2) is 0 Å². The lowest BCUT2D eigenvalue weighted by Crippen LogP contribution is -2.25. The van der Waals surface area contributed by atoms with Crippen LogP contribution in [-0.2, 0) is 20.7 Å². The maximum Gasteiger partial charge on any atom is 0.305 e. The number of carbonyl (C=O) groups excluding carboxylic acids is 2. The average molecular weight is 316 g/mol. The molecule has 1 fully saturated rings. The van der Waals surface area contributed by atoms with Crippen molar-refractivity contribution in [2.45, 2.75) is 32.6 Å². The van der Waals surface area contributed by atoms with Crippen LogP contribution in [0, 0.1) is 5.92 Å². The van der Waals surface area contributed by atoms with E-state index in [1.54, 1.807) is 6.92 Å². The van der Waals surface area contributed by atoms with Crippen molar-refractivity contribution < 1.29 is 19.1 Å². The Morgan fingerprint density at radius 3 is 3.09 bits per heavy atom. The summed E-state index contributed by atoms with van der Waals surface area (Å²) in [5, 5.41) is 2.81. The van der Waals surface area contributed by atoms with Gasteiger partial charge in [-0.25, -0.2) is 4.99 Å². The zero-order chi connectivity index (χ0) is 16.2. The lowest BCUT2D eigenvalue weighted by Gasteiger charge is -2.18. The molecule has 2 aliphatic heterocycles. The van der Waals surface area contributed by atoms with Gasteiger partial charge in [0, 0.05) is 18.8 Å². The highest BCUT2D eigenvalue weighted by Gasteiger charge is 2.32. The van der Waals surface area contributed by atoms with E-state index in [0.717, 1.165) is 29.3 Å². The Hall–Kier alpha value is -2.37. The Morgan fingerprint density at radius 2 is 2.26 bits per heavy atom. The molecular formula is C17H20N2O4. The van der Waals surface area contributed by atoms with Crippen LogP contribution in [-0.4, -0.2) is 30.9 Å². The van der Waals surface area contributed by atoms with Crippen LogP contribution in [0.4, 0.5) is 5.69 Å². The van der Waals surface area contributed by atoms with Crippen LogP contribution in [0.3, 0.4) is 0 Å². The van der Waals surface area contributed by atoms with E-state index in [-0.39, 0.29) is 17.8 Å². The molecule has 1 unspecified atom stereocenters. The molecule has 1 amide bonds. The van der Waals surface area contributed by atoms with Crippen molar-refractivity contribution in [2.75, 3.05) is 13.2 Å². The Bertz CT molecular complexity index is 654. The molecule has 0 aliphatic carbocycles. The largest absolute Gasteiger partial charge is 0.494 e. The summed E-state index contributed by atoms with van der Waals surface area (Å²) < 4.78 is 10.6. The lowest BCUT2D eigenvalue weighted by atomic mass is 9.93. The van der Waals surface area contributed by atoms with E-state index < -0.39 is 0 Å². The van der Waals surface area contributed by atoms with Crippen LogP contribution in [0.1, 0.15) is 31.7 Å². The normalized spacial score (nSPS) is 18.6. The molecule has 2 aliphatic rings. The van der Waals surface area contributed by atoms with Crippen molar-refractivity contribution in [2.24, 2.45) is 10.9 Å². The van der Waals surface area contributed by atoms with Crippen LogP contribution in [0.15, 0.2) is 23.2 Å². The van der Waals surface area contributed by atoms with Crippen LogP contribution in [0.25, 0.3) is 0 Å². The molecule has 0 radical (unpaired) electrons. The number of aliphatic imine (C=N–C) groups is 1. The zero-order valence-corrected chi connectivity index (χ0v) is 13.1. The topological polar surface area (TPSA) is 77.0 Å². The van der Waals surface area contributed by atoms with E-state index in [9.17, 15) is 9.59 Å². The first-order valence-corrected chi connectivity index (χ1v) is 7.95. The summed E-state index contributed by atoms with van der Waals surface area (Å²) in [5.74, 6) is 1.56. The first kappa shape index (κ1) is 15.5. The number of amides is 1. The van der Waals surface area contributed by atoms with Gasteiger partial charge in [-0.05, 0) is 43.5 Å². The van der Waals surface area contributed by atoms with Crippen molar-refractivity contribution in [3.05, 3.63) is 23.8 Å². The predicted molar refractivity (Wildman–Crippen MR) is 84.9 cm³/mol. The number of carbonyl (C=O) groups is 2. The third-order valence-corrected chi connectivity index (χ3v) is 3.94. The number of benzene rings is 1. The number of nitrogens with zero attached hydrogens (tertiary/aromatic N) is 1. The Labute approximate surface area is 134 Å². The fraction of sp³-hybridized carbons (Fsp3) is 0.471. The quantitative estimate of drug-likeness (QED) is 0.644. The van der Waals surface area contributed by atoms with Gasteiger partial charge in [-0.15, -0.1) is 0 Å². The molecule has 0 spiro atoms. The number of ether oxygens (including phenoxy) is 2. The SMILES string of the molecule is CCOC(=O)CCCOc1ccc2c(c1)CC1CC(=O)NC1=N2. The van der Waals surface area contributed by atoms with E-state index in [1.165, 1.54) is 0 Å². The molecule has 23 heavy (non-hydrogen) atoms. The smallest absolute Gasteiger partial charge is 0.305 e. The molecule has 1 atom stereocenters. The summed E-state index contributed by atoms with van der Waals surface area (Å²) in [6.07, 6.45) is 2.29. The number of hydrogen-bond acceptors (Lipinski definition) is 5. The molecule has 6 nitrogen and oxygen atoms in total. The van der Waals surface area contributed by atoms with Gasteiger partial charge in [0.05, 0.1) is 18.9 Å². The van der Waals surface area contributed by atoms with Gasteiger partial charge in [-0.1, -0.05) is 0 Å². The number of amidine groups is 1. The fourth-order valence-electron chi connectivity index (χ4n) is 2.86. The number of esters is 1. The maximum atomic E-state index is 11.4. The van der Waals surface area contributed by atoms with Crippen molar-refractivity contribution in [3.8, 4) is 5.75 Å². The lowest BCUT2D eigenvalue weighted by molar-refractivity contribution is -0.143. The van der Waals surface area contributed by atoms with E-state index in [1.807, 2.05) is 18.2 Å². The number of nitrogens with one attached hydrogen (secondary N) is 1. The minimum Gasteiger partial charge on any atom is -0.494 e. The second-order valence-electron chi connectivity index (χ2n) is 5.70. The Kier molecular flexibility index (Phi) is 4.60. The second-order valence-corrected chi connectivity index (χ2v) is 5.70. The second kappa shape index (κ2) is 6.81. The standard InChI is InChI=1S/C17H20N2O4/c1-2-22-16(21)4-3-7-23-13-5-6-14-11(9-13)8-12-10-15(20)19-17(12)18-14/h5-6,9,12H,2-4,7-8,10H2,1H3,(H,18,19,20). The fourth-order valence-corrected chi connectivity index (χ4v) is 2.86. The highest BCUT2D eigenvalue weighted by atomic mass is 16.5. The van der Waals surface area contributed by atoms with Gasteiger partial charge in [0.1, 0.15) is 11.6 Å². The molecule has 2 heterocycles. The first-order valence-electron chi connectivity index (χ1n) is 7.95. The molecule has 122 valence electrons. The number of rotatable bonds is 6. The van der Waals surface area contributed by atoms with Crippen molar-refractivity contribution >= 4 is 23.4 Å². The monoisotopic (exact) mass is 316 g/mol. The van der Waals surface area contributed by atoms with Crippen LogP contribution >= 0.6 is 0 Å². The summed E-state index contributed by atoms with van der Waals surface area (Å²) >= 11 is 0. The Balaban J connectivity index is 1.55. The number of fused-ring (bicyclic) bond motifs is 2. The average Bonchev–Trinajstić information content (AvgIpc) is 2.88. The molecule has 1 N–H and O–H groups in total. The van der Waals surface area contributed by atoms with Gasteiger partial charge in [-0.3, -0.25) is 9.59 Å². The molecule has 3 rings (SSSR count). The third kappa shape index (κ3) is 3.70. The predicted octanol–water partition coefficient (Wildman–Crippen LogP) is 2.13. The van der Waals surface area contributed by atoms with Crippen molar-refractivity contribution in [1.82, 2.24) is 5.32 Å². The molecule has 1 aromatic carbocycles. The highest BCUT2D eigenvalue weighted by Crippen LogP contribution is 2.34. The summed E-state index contributed by atoms with van der Waals surface area (Å²) in [4.78, 5) is 27.2. The summed E-state index contributed by atoms with van der Waals surface area (Å²) in [7, 11) is 0. The molecule has 0 saturated carbocycles. The first-order chi connectivity index (χ1) is 11.2. The van der Waals surface area contributed by atoms with Gasteiger partial charge in [-0.2, -0.15) is 0 Å². The zero-order valence-electron chi connectivity index (χ0n) is 13.1. The van der Waals surface area contributed by atoms with Gasteiger partial charge in [0.2, 0.25) is 5.91 Å². The molecule has 0 bridgehead atoms. The minimum atomic E-state index is -0.193. The van der Waals surface area contributed by atoms with E-state index in [2.05, 4.69) is 10.3 Å². The van der Waals surface area contributed by atoms with E-state index in [4.69, 9.17) is 9.47 Å². The molecule has 6 heteroatoms. The van der Waals surface area contributed by atoms with Crippen LogP contribution in [0.2, 0.25) is 0 Å².